The number of rotatable bonds is 4. The summed E-state index contributed by atoms with van der Waals surface area (Å²) in [5.74, 6) is -0.508. The number of carbonyl (C=O) groups excluding carboxylic acids is 1. The van der Waals surface area contributed by atoms with Gasteiger partial charge in [0.15, 0.2) is 5.75 Å². The molecule has 0 aromatic heterocycles. The summed E-state index contributed by atoms with van der Waals surface area (Å²) in [6.07, 6.45) is 2.77. The van der Waals surface area contributed by atoms with Crippen LogP contribution in [0.1, 0.15) is 19.3 Å². The molecular formula is C13H14Cl2F2N2O2. The number of alkyl halides is 2. The Labute approximate surface area is 130 Å². The number of carbonyl (C=O) groups is 1. The second-order valence-corrected chi connectivity index (χ2v) is 5.45. The lowest BCUT2D eigenvalue weighted by Crippen LogP contribution is -2.43. The Bertz CT molecular complexity index is 500. The monoisotopic (exact) mass is 338 g/mol. The number of amides is 1. The van der Waals surface area contributed by atoms with E-state index in [4.69, 9.17) is 23.2 Å². The third-order valence-electron chi connectivity index (χ3n) is 3.10. The van der Waals surface area contributed by atoms with E-state index in [0.29, 0.717) is 5.69 Å². The number of halogens is 4. The maximum Gasteiger partial charge on any atom is 0.387 e. The average molecular weight is 339 g/mol. The highest BCUT2D eigenvalue weighted by Gasteiger charge is 2.21. The van der Waals surface area contributed by atoms with Crippen LogP contribution in [0.5, 0.6) is 5.75 Å². The number of nitrogens with one attached hydrogen (secondary N) is 2. The van der Waals surface area contributed by atoms with Crippen molar-refractivity contribution >= 4 is 34.8 Å². The van der Waals surface area contributed by atoms with Gasteiger partial charge in [0, 0.05) is 5.69 Å². The highest BCUT2D eigenvalue weighted by Crippen LogP contribution is 2.37. The van der Waals surface area contributed by atoms with Gasteiger partial charge in [0.2, 0.25) is 5.91 Å². The summed E-state index contributed by atoms with van der Waals surface area (Å²) >= 11 is 11.7. The van der Waals surface area contributed by atoms with E-state index >= 15 is 0 Å². The molecule has 1 aliphatic rings. The molecule has 1 heterocycles. The van der Waals surface area contributed by atoms with Crippen LogP contribution in [-0.4, -0.2) is 25.1 Å². The predicted octanol–water partition coefficient (Wildman–Crippen LogP) is 3.68. The van der Waals surface area contributed by atoms with E-state index in [1.54, 1.807) is 0 Å². The fourth-order valence-corrected chi connectivity index (χ4v) is 2.71. The molecule has 21 heavy (non-hydrogen) atoms. The predicted molar refractivity (Wildman–Crippen MR) is 77.4 cm³/mol. The van der Waals surface area contributed by atoms with E-state index in [-0.39, 0.29) is 27.7 Å². The van der Waals surface area contributed by atoms with Gasteiger partial charge in [-0.05, 0) is 31.5 Å². The number of ether oxygens (including phenoxy) is 1. The Kier molecular flexibility index (Phi) is 5.61. The Morgan fingerprint density at radius 1 is 1.33 bits per heavy atom. The van der Waals surface area contributed by atoms with Crippen LogP contribution in [0.4, 0.5) is 14.5 Å². The topological polar surface area (TPSA) is 50.4 Å². The first kappa shape index (κ1) is 16.3. The van der Waals surface area contributed by atoms with Crippen molar-refractivity contribution in [3.05, 3.63) is 22.2 Å². The standard InChI is InChI=1S/C13H14Cl2F2N2O2/c14-8-5-7(6-9(15)11(8)21-13(16)17)19-12(20)10-3-1-2-4-18-10/h5-6,10,13,18H,1-4H2,(H,19,20)/t10-/m1/s1. The maximum absolute atomic E-state index is 12.2. The van der Waals surface area contributed by atoms with E-state index in [2.05, 4.69) is 15.4 Å². The van der Waals surface area contributed by atoms with Gasteiger partial charge < -0.3 is 15.4 Å². The Morgan fingerprint density at radius 3 is 2.52 bits per heavy atom. The van der Waals surface area contributed by atoms with Crippen LogP contribution in [-0.2, 0) is 4.79 Å². The smallest absolute Gasteiger partial charge is 0.387 e. The second-order valence-electron chi connectivity index (χ2n) is 4.64. The summed E-state index contributed by atoms with van der Waals surface area (Å²) in [6, 6.07) is 2.38. The van der Waals surface area contributed by atoms with Crippen molar-refractivity contribution in [3.8, 4) is 5.75 Å². The van der Waals surface area contributed by atoms with Crippen molar-refractivity contribution in [2.45, 2.75) is 31.9 Å². The quantitative estimate of drug-likeness (QED) is 0.880. The number of anilines is 1. The zero-order chi connectivity index (χ0) is 15.4. The van der Waals surface area contributed by atoms with Crippen molar-refractivity contribution in [1.29, 1.82) is 0 Å². The molecule has 1 aliphatic heterocycles. The Balaban J connectivity index is 2.08. The van der Waals surface area contributed by atoms with Gasteiger partial charge in [0.25, 0.3) is 0 Å². The van der Waals surface area contributed by atoms with Crippen LogP contribution in [0.2, 0.25) is 10.0 Å². The van der Waals surface area contributed by atoms with Gasteiger partial charge in [-0.15, -0.1) is 0 Å². The highest BCUT2D eigenvalue weighted by molar-refractivity contribution is 6.37. The Hall–Kier alpha value is -1.11. The normalized spacial score (nSPS) is 18.6. The molecule has 4 nitrogen and oxygen atoms in total. The summed E-state index contributed by atoms with van der Waals surface area (Å²) in [5.41, 5.74) is 0.337. The molecule has 0 bridgehead atoms. The van der Waals surface area contributed by atoms with Crippen LogP contribution in [0.15, 0.2) is 12.1 Å². The third-order valence-corrected chi connectivity index (χ3v) is 3.66. The fourth-order valence-electron chi connectivity index (χ4n) is 2.14. The van der Waals surface area contributed by atoms with Gasteiger partial charge in [-0.1, -0.05) is 29.6 Å². The van der Waals surface area contributed by atoms with E-state index in [9.17, 15) is 13.6 Å². The number of piperidine rings is 1. The summed E-state index contributed by atoms with van der Waals surface area (Å²) in [7, 11) is 0. The summed E-state index contributed by atoms with van der Waals surface area (Å²) in [5, 5.41) is 5.59. The molecule has 0 unspecified atom stereocenters. The first-order valence-corrected chi connectivity index (χ1v) is 7.21. The molecule has 1 aromatic rings. The SMILES string of the molecule is O=C(Nc1cc(Cl)c(OC(F)F)c(Cl)c1)[C@H]1CCCCN1. The molecule has 1 amide bonds. The first-order chi connectivity index (χ1) is 9.97. The highest BCUT2D eigenvalue weighted by atomic mass is 35.5. The molecule has 0 spiro atoms. The zero-order valence-electron chi connectivity index (χ0n) is 11.0. The van der Waals surface area contributed by atoms with Gasteiger partial charge in [-0.3, -0.25) is 4.79 Å². The lowest BCUT2D eigenvalue weighted by molar-refractivity contribution is -0.118. The average Bonchev–Trinajstić information content (AvgIpc) is 2.43. The molecule has 8 heteroatoms. The Morgan fingerprint density at radius 2 is 2.00 bits per heavy atom. The summed E-state index contributed by atoms with van der Waals surface area (Å²) in [4.78, 5) is 12.0. The zero-order valence-corrected chi connectivity index (χ0v) is 12.5. The van der Waals surface area contributed by atoms with E-state index < -0.39 is 6.61 Å². The van der Waals surface area contributed by atoms with Gasteiger partial charge in [-0.2, -0.15) is 8.78 Å². The van der Waals surface area contributed by atoms with Crippen molar-refractivity contribution in [2.75, 3.05) is 11.9 Å². The van der Waals surface area contributed by atoms with Crippen molar-refractivity contribution < 1.29 is 18.3 Å². The van der Waals surface area contributed by atoms with Gasteiger partial charge in [0.05, 0.1) is 16.1 Å². The second kappa shape index (κ2) is 7.24. The molecule has 2 rings (SSSR count). The van der Waals surface area contributed by atoms with Gasteiger partial charge in [-0.25, -0.2) is 0 Å². The van der Waals surface area contributed by atoms with Crippen molar-refractivity contribution in [1.82, 2.24) is 5.32 Å². The summed E-state index contributed by atoms with van der Waals surface area (Å²) in [6.45, 7) is -2.23. The minimum absolute atomic E-state index is 0.0882. The molecule has 2 N–H and O–H groups in total. The minimum Gasteiger partial charge on any atom is -0.432 e. The van der Waals surface area contributed by atoms with Crippen LogP contribution in [0, 0.1) is 0 Å². The molecule has 1 fully saturated rings. The van der Waals surface area contributed by atoms with Crippen LogP contribution in [0.25, 0.3) is 0 Å². The molecule has 1 atom stereocenters. The van der Waals surface area contributed by atoms with Crippen LogP contribution >= 0.6 is 23.2 Å². The number of hydrogen-bond donors (Lipinski definition) is 2. The van der Waals surface area contributed by atoms with Gasteiger partial charge in [0.1, 0.15) is 0 Å². The molecular weight excluding hydrogens is 325 g/mol. The van der Waals surface area contributed by atoms with Crippen molar-refractivity contribution in [3.63, 3.8) is 0 Å². The molecule has 116 valence electrons. The van der Waals surface area contributed by atoms with E-state index in [1.807, 2.05) is 0 Å². The molecule has 0 radical (unpaired) electrons. The molecule has 1 saturated heterocycles. The summed E-state index contributed by atoms with van der Waals surface area (Å²) < 4.78 is 28.7. The fraction of sp³-hybridized carbons (Fsp3) is 0.462. The molecule has 0 saturated carbocycles. The third kappa shape index (κ3) is 4.43. The minimum atomic E-state index is -3.02. The lowest BCUT2D eigenvalue weighted by atomic mass is 10.0. The van der Waals surface area contributed by atoms with Gasteiger partial charge >= 0.3 is 6.61 Å². The van der Waals surface area contributed by atoms with Crippen LogP contribution < -0.4 is 15.4 Å². The van der Waals surface area contributed by atoms with Crippen LogP contribution in [0.3, 0.4) is 0 Å². The largest absolute Gasteiger partial charge is 0.432 e. The lowest BCUT2D eigenvalue weighted by Gasteiger charge is -2.22. The molecule has 0 aliphatic carbocycles. The van der Waals surface area contributed by atoms with E-state index in [1.165, 1.54) is 12.1 Å². The number of hydrogen-bond acceptors (Lipinski definition) is 3. The first-order valence-electron chi connectivity index (χ1n) is 6.45. The van der Waals surface area contributed by atoms with Crippen molar-refractivity contribution in [2.24, 2.45) is 0 Å². The molecule has 1 aromatic carbocycles. The van der Waals surface area contributed by atoms with E-state index in [0.717, 1.165) is 25.8 Å². The number of benzene rings is 1. The maximum atomic E-state index is 12.2.